The molecule has 7 heteroatoms. The van der Waals surface area contributed by atoms with Gasteiger partial charge in [-0.1, -0.05) is 6.07 Å². The summed E-state index contributed by atoms with van der Waals surface area (Å²) >= 11 is 0. The second-order valence-electron chi connectivity index (χ2n) is 7.46. The molecule has 2 N–H and O–H groups in total. The van der Waals surface area contributed by atoms with Crippen molar-refractivity contribution in [3.8, 4) is 5.75 Å². The number of aromatic nitrogens is 2. The van der Waals surface area contributed by atoms with Gasteiger partial charge in [-0.2, -0.15) is 0 Å². The molecule has 1 aliphatic heterocycles. The number of aryl methyl sites for hydroxylation is 2. The number of anilines is 1. The van der Waals surface area contributed by atoms with Gasteiger partial charge < -0.3 is 19.9 Å². The summed E-state index contributed by atoms with van der Waals surface area (Å²) in [5, 5.41) is 3.16. The van der Waals surface area contributed by atoms with E-state index >= 15 is 0 Å². The minimum atomic E-state index is -0.166. The van der Waals surface area contributed by atoms with E-state index in [1.54, 1.807) is 7.11 Å². The number of aromatic amines is 1. The zero-order chi connectivity index (χ0) is 20.3. The molecule has 0 aliphatic carbocycles. The van der Waals surface area contributed by atoms with Crippen molar-refractivity contribution in [3.05, 3.63) is 51.6 Å². The first kappa shape index (κ1) is 19.9. The third-order valence-corrected chi connectivity index (χ3v) is 5.36. The van der Waals surface area contributed by atoms with Crippen LogP contribution in [0.4, 0.5) is 5.82 Å². The monoisotopic (exact) mass is 384 g/mol. The van der Waals surface area contributed by atoms with Crippen molar-refractivity contribution in [2.45, 2.75) is 39.7 Å². The van der Waals surface area contributed by atoms with Crippen molar-refractivity contribution in [1.29, 1.82) is 0 Å². The fourth-order valence-corrected chi connectivity index (χ4v) is 3.97. The fourth-order valence-electron chi connectivity index (χ4n) is 3.97. The van der Waals surface area contributed by atoms with Crippen LogP contribution in [0.1, 0.15) is 42.5 Å². The molecule has 1 aromatic carbocycles. The van der Waals surface area contributed by atoms with Gasteiger partial charge in [-0.15, -0.1) is 0 Å². The van der Waals surface area contributed by atoms with Gasteiger partial charge in [0, 0.05) is 30.6 Å². The number of hydrogen-bond donors (Lipinski definition) is 2. The summed E-state index contributed by atoms with van der Waals surface area (Å²) in [6.45, 7) is 7.48. The molecule has 0 radical (unpaired) electrons. The summed E-state index contributed by atoms with van der Waals surface area (Å²) < 4.78 is 5.53. The van der Waals surface area contributed by atoms with Gasteiger partial charge in [-0.05, 0) is 50.8 Å². The summed E-state index contributed by atoms with van der Waals surface area (Å²) in [6.07, 6.45) is 2.88. The summed E-state index contributed by atoms with van der Waals surface area (Å²) in [5.41, 5.74) is 3.10. The smallest absolute Gasteiger partial charge is 0.252 e. The van der Waals surface area contributed by atoms with E-state index in [-0.39, 0.29) is 23.4 Å². The Morgan fingerprint density at radius 1 is 1.29 bits per heavy atom. The van der Waals surface area contributed by atoms with Gasteiger partial charge in [0.15, 0.2) is 0 Å². The van der Waals surface area contributed by atoms with E-state index in [1.807, 2.05) is 26.8 Å². The fraction of sp³-hybridized carbons (Fsp3) is 0.476. The van der Waals surface area contributed by atoms with Crippen LogP contribution >= 0.6 is 0 Å². The first-order chi connectivity index (χ1) is 13.4. The SMILES string of the molecule is COc1cc(C)cc(C)c1C(C)NC(=O)C1CCN(c2cc(=O)[nH]cn2)CC1. The number of amides is 1. The van der Waals surface area contributed by atoms with Crippen LogP contribution in [0.3, 0.4) is 0 Å². The second kappa shape index (κ2) is 8.46. The van der Waals surface area contributed by atoms with Crippen LogP contribution in [-0.4, -0.2) is 36.1 Å². The summed E-state index contributed by atoms with van der Waals surface area (Å²) in [6, 6.07) is 5.47. The largest absolute Gasteiger partial charge is 0.496 e. The first-order valence-corrected chi connectivity index (χ1v) is 9.64. The van der Waals surface area contributed by atoms with Crippen molar-refractivity contribution < 1.29 is 9.53 Å². The molecule has 0 saturated carbocycles. The Morgan fingerprint density at radius 3 is 2.64 bits per heavy atom. The maximum Gasteiger partial charge on any atom is 0.252 e. The van der Waals surface area contributed by atoms with Gasteiger partial charge in [-0.3, -0.25) is 9.59 Å². The van der Waals surface area contributed by atoms with Crippen molar-refractivity contribution in [3.63, 3.8) is 0 Å². The molecular weight excluding hydrogens is 356 g/mol. The van der Waals surface area contributed by atoms with Gasteiger partial charge >= 0.3 is 0 Å². The molecule has 150 valence electrons. The van der Waals surface area contributed by atoms with Gasteiger partial charge in [0.05, 0.1) is 19.5 Å². The van der Waals surface area contributed by atoms with Crippen LogP contribution in [0.25, 0.3) is 0 Å². The highest BCUT2D eigenvalue weighted by atomic mass is 16.5. The molecule has 2 heterocycles. The molecule has 1 amide bonds. The van der Waals surface area contributed by atoms with Crippen molar-refractivity contribution in [2.75, 3.05) is 25.1 Å². The van der Waals surface area contributed by atoms with E-state index in [2.05, 4.69) is 26.3 Å². The van der Waals surface area contributed by atoms with Crippen LogP contribution in [0, 0.1) is 19.8 Å². The number of ether oxygens (including phenoxy) is 1. The summed E-state index contributed by atoms with van der Waals surface area (Å²) in [5.74, 6) is 1.49. The number of methoxy groups -OCH3 is 1. The molecule has 1 unspecified atom stereocenters. The Kier molecular flexibility index (Phi) is 6.02. The molecule has 0 spiro atoms. The molecular formula is C21H28N4O3. The lowest BCUT2D eigenvalue weighted by atomic mass is 9.94. The Labute approximate surface area is 165 Å². The van der Waals surface area contributed by atoms with Gasteiger partial charge in [-0.25, -0.2) is 4.98 Å². The molecule has 1 saturated heterocycles. The number of rotatable bonds is 5. The molecule has 1 atom stereocenters. The van der Waals surface area contributed by atoms with Crippen LogP contribution in [0.2, 0.25) is 0 Å². The quantitative estimate of drug-likeness (QED) is 0.827. The van der Waals surface area contributed by atoms with Crippen molar-refractivity contribution >= 4 is 11.7 Å². The van der Waals surface area contributed by atoms with Crippen molar-refractivity contribution in [1.82, 2.24) is 15.3 Å². The maximum absolute atomic E-state index is 12.8. The Balaban J connectivity index is 1.62. The van der Waals surface area contributed by atoms with E-state index in [9.17, 15) is 9.59 Å². The number of hydrogen-bond acceptors (Lipinski definition) is 5. The number of nitrogens with zero attached hydrogens (tertiary/aromatic N) is 2. The lowest BCUT2D eigenvalue weighted by molar-refractivity contribution is -0.126. The highest BCUT2D eigenvalue weighted by Gasteiger charge is 2.27. The third kappa shape index (κ3) is 4.35. The van der Waals surface area contributed by atoms with Gasteiger partial charge in [0.1, 0.15) is 11.6 Å². The lowest BCUT2D eigenvalue weighted by Crippen LogP contribution is -2.41. The third-order valence-electron chi connectivity index (χ3n) is 5.36. The minimum Gasteiger partial charge on any atom is -0.496 e. The average molecular weight is 384 g/mol. The normalized spacial score (nSPS) is 15.9. The Bertz CT molecular complexity index is 901. The van der Waals surface area contributed by atoms with E-state index < -0.39 is 0 Å². The molecule has 0 bridgehead atoms. The predicted molar refractivity (Wildman–Crippen MR) is 109 cm³/mol. The number of nitrogens with one attached hydrogen (secondary N) is 2. The van der Waals surface area contributed by atoms with Gasteiger partial charge in [0.25, 0.3) is 5.56 Å². The molecule has 1 fully saturated rings. The predicted octanol–water partition coefficient (Wildman–Crippen LogP) is 2.49. The number of piperidine rings is 1. The van der Waals surface area contributed by atoms with E-state index in [1.165, 1.54) is 12.4 Å². The molecule has 3 rings (SSSR count). The Hall–Kier alpha value is -2.83. The molecule has 7 nitrogen and oxygen atoms in total. The topological polar surface area (TPSA) is 87.3 Å². The minimum absolute atomic E-state index is 0.0440. The van der Waals surface area contributed by atoms with Crippen LogP contribution in [0.5, 0.6) is 5.75 Å². The highest BCUT2D eigenvalue weighted by molar-refractivity contribution is 5.79. The first-order valence-electron chi connectivity index (χ1n) is 9.64. The zero-order valence-corrected chi connectivity index (χ0v) is 16.9. The average Bonchev–Trinajstić information content (AvgIpc) is 2.67. The molecule has 1 aliphatic rings. The zero-order valence-electron chi connectivity index (χ0n) is 16.9. The van der Waals surface area contributed by atoms with Crippen LogP contribution < -0.4 is 20.5 Å². The van der Waals surface area contributed by atoms with E-state index in [4.69, 9.17) is 4.74 Å². The standard InChI is InChI=1S/C21H28N4O3/c1-13-9-14(2)20(17(10-13)28-4)15(3)24-21(27)16-5-7-25(8-6-16)18-11-19(26)23-12-22-18/h9-12,15-16H,5-8H2,1-4H3,(H,24,27)(H,22,23,26). The second-order valence-corrected chi connectivity index (χ2v) is 7.46. The van der Waals surface area contributed by atoms with Crippen LogP contribution in [-0.2, 0) is 4.79 Å². The number of H-pyrrole nitrogens is 1. The lowest BCUT2D eigenvalue weighted by Gasteiger charge is -2.32. The number of carbonyl (C=O) groups excluding carboxylic acids is 1. The number of benzene rings is 1. The molecule has 2 aromatic rings. The van der Waals surface area contributed by atoms with E-state index in [0.717, 1.165) is 35.3 Å². The Morgan fingerprint density at radius 2 is 2.00 bits per heavy atom. The van der Waals surface area contributed by atoms with Gasteiger partial charge in [0.2, 0.25) is 5.91 Å². The van der Waals surface area contributed by atoms with Crippen LogP contribution in [0.15, 0.2) is 29.3 Å². The molecule has 28 heavy (non-hydrogen) atoms. The molecule has 1 aromatic heterocycles. The maximum atomic E-state index is 12.8. The van der Waals surface area contributed by atoms with Crippen molar-refractivity contribution in [2.24, 2.45) is 5.92 Å². The number of carbonyl (C=O) groups is 1. The summed E-state index contributed by atoms with van der Waals surface area (Å²) in [4.78, 5) is 33.1. The summed E-state index contributed by atoms with van der Waals surface area (Å²) in [7, 11) is 1.66. The highest BCUT2D eigenvalue weighted by Crippen LogP contribution is 2.30. The van der Waals surface area contributed by atoms with E-state index in [0.29, 0.717) is 18.9 Å².